The van der Waals surface area contributed by atoms with Crippen LogP contribution in [0.5, 0.6) is 0 Å². The molecule has 1 amide bonds. The first kappa shape index (κ1) is 11.2. The van der Waals surface area contributed by atoms with Gasteiger partial charge in [-0.25, -0.2) is 4.79 Å². The van der Waals surface area contributed by atoms with Gasteiger partial charge in [0.2, 0.25) is 0 Å². The summed E-state index contributed by atoms with van der Waals surface area (Å²) >= 11 is 0. The number of amides is 1. The molecule has 0 fully saturated rings. The van der Waals surface area contributed by atoms with Gasteiger partial charge in [0.15, 0.2) is 0 Å². The molecule has 0 aromatic rings. The summed E-state index contributed by atoms with van der Waals surface area (Å²) in [4.78, 5) is 12.7. The molecular weight excluding hydrogens is 156 g/mol. The Hall–Kier alpha value is -0.770. The number of rotatable bonds is 4. The topological polar surface area (TPSA) is 55.6 Å². The second-order valence-electron chi connectivity index (χ2n) is 3.00. The summed E-state index contributed by atoms with van der Waals surface area (Å²) in [7, 11) is 1.71. The van der Waals surface area contributed by atoms with Crippen molar-refractivity contribution in [3.8, 4) is 0 Å². The molecule has 0 unspecified atom stereocenters. The van der Waals surface area contributed by atoms with Gasteiger partial charge in [-0.05, 0) is 26.8 Å². The second kappa shape index (κ2) is 5.83. The molecule has 0 aromatic carbocycles. The van der Waals surface area contributed by atoms with Crippen molar-refractivity contribution >= 4 is 6.09 Å². The van der Waals surface area contributed by atoms with E-state index in [0.29, 0.717) is 13.1 Å². The first-order chi connectivity index (χ1) is 5.57. The molecule has 0 atom stereocenters. The standard InChI is InChI=1S/C8H18N2O2/c1-7(2)12-8(11)10(3)6-4-5-9/h7H,4-6,9H2,1-3H3. The predicted octanol–water partition coefficient (Wildman–Crippen LogP) is 0.812. The van der Waals surface area contributed by atoms with E-state index in [0.717, 1.165) is 6.42 Å². The van der Waals surface area contributed by atoms with E-state index in [-0.39, 0.29) is 12.2 Å². The summed E-state index contributed by atoms with van der Waals surface area (Å²) < 4.78 is 4.96. The quantitative estimate of drug-likeness (QED) is 0.686. The van der Waals surface area contributed by atoms with Crippen molar-refractivity contribution in [3.05, 3.63) is 0 Å². The van der Waals surface area contributed by atoms with Gasteiger partial charge < -0.3 is 15.4 Å². The molecule has 0 saturated heterocycles. The highest BCUT2D eigenvalue weighted by atomic mass is 16.6. The maximum Gasteiger partial charge on any atom is 0.409 e. The molecular formula is C8H18N2O2. The minimum Gasteiger partial charge on any atom is -0.447 e. The molecule has 4 heteroatoms. The molecule has 0 rings (SSSR count). The third-order valence-electron chi connectivity index (χ3n) is 1.35. The van der Waals surface area contributed by atoms with Gasteiger partial charge in [-0.1, -0.05) is 0 Å². The van der Waals surface area contributed by atoms with Crippen molar-refractivity contribution in [2.75, 3.05) is 20.1 Å². The molecule has 12 heavy (non-hydrogen) atoms. The summed E-state index contributed by atoms with van der Waals surface area (Å²) in [5, 5.41) is 0. The highest BCUT2D eigenvalue weighted by molar-refractivity contribution is 5.67. The average molecular weight is 174 g/mol. The molecule has 0 aliphatic heterocycles. The molecule has 0 bridgehead atoms. The van der Waals surface area contributed by atoms with Crippen molar-refractivity contribution in [2.24, 2.45) is 5.73 Å². The summed E-state index contributed by atoms with van der Waals surface area (Å²) in [5.41, 5.74) is 5.30. The summed E-state index contributed by atoms with van der Waals surface area (Å²) in [5.74, 6) is 0. The smallest absolute Gasteiger partial charge is 0.409 e. The largest absolute Gasteiger partial charge is 0.447 e. The fourth-order valence-electron chi connectivity index (χ4n) is 0.711. The van der Waals surface area contributed by atoms with Gasteiger partial charge in [0.05, 0.1) is 6.10 Å². The van der Waals surface area contributed by atoms with Crippen LogP contribution in [0.3, 0.4) is 0 Å². The van der Waals surface area contributed by atoms with Crippen LogP contribution in [0.25, 0.3) is 0 Å². The molecule has 4 nitrogen and oxygen atoms in total. The number of hydrogen-bond donors (Lipinski definition) is 1. The number of nitrogens with two attached hydrogens (primary N) is 1. The van der Waals surface area contributed by atoms with Crippen molar-refractivity contribution in [1.82, 2.24) is 4.90 Å². The highest BCUT2D eigenvalue weighted by Gasteiger charge is 2.09. The number of ether oxygens (including phenoxy) is 1. The van der Waals surface area contributed by atoms with E-state index in [4.69, 9.17) is 10.5 Å². The van der Waals surface area contributed by atoms with Gasteiger partial charge in [-0.15, -0.1) is 0 Å². The van der Waals surface area contributed by atoms with Gasteiger partial charge in [-0.2, -0.15) is 0 Å². The molecule has 72 valence electrons. The van der Waals surface area contributed by atoms with Crippen LogP contribution in [0.1, 0.15) is 20.3 Å². The summed E-state index contributed by atoms with van der Waals surface area (Å²) in [6.45, 7) is 4.91. The minimum absolute atomic E-state index is 0.0576. The number of carbonyl (C=O) groups is 1. The van der Waals surface area contributed by atoms with E-state index in [9.17, 15) is 4.79 Å². The molecule has 2 N–H and O–H groups in total. The SMILES string of the molecule is CC(C)OC(=O)N(C)CCCN. The second-order valence-corrected chi connectivity index (χ2v) is 3.00. The first-order valence-electron chi connectivity index (χ1n) is 4.19. The molecule has 0 aromatic heterocycles. The van der Waals surface area contributed by atoms with Crippen LogP contribution in [-0.2, 0) is 4.74 Å². The van der Waals surface area contributed by atoms with Crippen LogP contribution in [0, 0.1) is 0 Å². The lowest BCUT2D eigenvalue weighted by Crippen LogP contribution is -2.31. The maximum absolute atomic E-state index is 11.1. The number of carbonyl (C=O) groups excluding carboxylic acids is 1. The van der Waals surface area contributed by atoms with Gasteiger partial charge in [0.25, 0.3) is 0 Å². The van der Waals surface area contributed by atoms with Crippen molar-refractivity contribution < 1.29 is 9.53 Å². The normalized spacial score (nSPS) is 10.1. The Balaban J connectivity index is 3.61. The van der Waals surface area contributed by atoms with Gasteiger partial charge in [-0.3, -0.25) is 0 Å². The average Bonchev–Trinajstić information content (AvgIpc) is 1.98. The molecule has 0 aliphatic carbocycles. The highest BCUT2D eigenvalue weighted by Crippen LogP contribution is 1.95. The molecule has 0 heterocycles. The van der Waals surface area contributed by atoms with E-state index >= 15 is 0 Å². The zero-order chi connectivity index (χ0) is 9.56. The van der Waals surface area contributed by atoms with E-state index < -0.39 is 0 Å². The lowest BCUT2D eigenvalue weighted by atomic mass is 10.4. The van der Waals surface area contributed by atoms with Crippen molar-refractivity contribution in [1.29, 1.82) is 0 Å². The van der Waals surface area contributed by atoms with Crippen LogP contribution in [0.15, 0.2) is 0 Å². The fourth-order valence-corrected chi connectivity index (χ4v) is 0.711. The zero-order valence-electron chi connectivity index (χ0n) is 8.04. The van der Waals surface area contributed by atoms with Crippen LogP contribution in [0.4, 0.5) is 4.79 Å². The van der Waals surface area contributed by atoms with Crippen LogP contribution in [-0.4, -0.2) is 37.2 Å². The Labute approximate surface area is 73.7 Å². The maximum atomic E-state index is 11.1. The lowest BCUT2D eigenvalue weighted by Gasteiger charge is -2.17. The van der Waals surface area contributed by atoms with Crippen LogP contribution < -0.4 is 5.73 Å². The lowest BCUT2D eigenvalue weighted by molar-refractivity contribution is 0.0840. The van der Waals surface area contributed by atoms with Gasteiger partial charge >= 0.3 is 6.09 Å². The van der Waals surface area contributed by atoms with E-state index in [1.807, 2.05) is 13.8 Å². The van der Waals surface area contributed by atoms with Gasteiger partial charge in [0, 0.05) is 13.6 Å². The Morgan fingerprint density at radius 2 is 2.17 bits per heavy atom. The van der Waals surface area contributed by atoms with Crippen LogP contribution in [0.2, 0.25) is 0 Å². The molecule has 0 radical (unpaired) electrons. The third-order valence-corrected chi connectivity index (χ3v) is 1.35. The molecule has 0 spiro atoms. The monoisotopic (exact) mass is 174 g/mol. The van der Waals surface area contributed by atoms with E-state index in [1.165, 1.54) is 4.90 Å². The number of hydrogen-bond acceptors (Lipinski definition) is 3. The number of nitrogens with zero attached hydrogens (tertiary/aromatic N) is 1. The first-order valence-corrected chi connectivity index (χ1v) is 4.19. The van der Waals surface area contributed by atoms with Gasteiger partial charge in [0.1, 0.15) is 0 Å². The zero-order valence-corrected chi connectivity index (χ0v) is 8.04. The molecule has 0 saturated carbocycles. The Kier molecular flexibility index (Phi) is 5.45. The Morgan fingerprint density at radius 3 is 2.58 bits per heavy atom. The Bertz CT molecular complexity index is 137. The van der Waals surface area contributed by atoms with E-state index in [2.05, 4.69) is 0 Å². The van der Waals surface area contributed by atoms with Crippen LogP contribution >= 0.6 is 0 Å². The summed E-state index contributed by atoms with van der Waals surface area (Å²) in [6.07, 6.45) is 0.472. The van der Waals surface area contributed by atoms with E-state index in [1.54, 1.807) is 7.05 Å². The van der Waals surface area contributed by atoms with Crippen molar-refractivity contribution in [2.45, 2.75) is 26.4 Å². The predicted molar refractivity (Wildman–Crippen MR) is 47.9 cm³/mol. The van der Waals surface area contributed by atoms with Crippen molar-refractivity contribution in [3.63, 3.8) is 0 Å². The Morgan fingerprint density at radius 1 is 1.58 bits per heavy atom. The third kappa shape index (κ3) is 4.96. The fraction of sp³-hybridized carbons (Fsp3) is 0.875. The minimum atomic E-state index is -0.279. The summed E-state index contributed by atoms with van der Waals surface area (Å²) in [6, 6.07) is 0. The molecule has 0 aliphatic rings.